The van der Waals surface area contributed by atoms with Gasteiger partial charge < -0.3 is 19.2 Å². The van der Waals surface area contributed by atoms with Crippen molar-refractivity contribution in [3.05, 3.63) is 94.4 Å². The van der Waals surface area contributed by atoms with Crippen LogP contribution in [0.15, 0.2) is 70.9 Å². The molecule has 1 aromatic heterocycles. The van der Waals surface area contributed by atoms with E-state index in [0.717, 1.165) is 28.9 Å². The molecule has 0 bridgehead atoms. The third-order valence-corrected chi connectivity index (χ3v) is 6.53. The number of fused-ring (bicyclic) bond motifs is 1. The number of benzene rings is 2. The summed E-state index contributed by atoms with van der Waals surface area (Å²) in [6.07, 6.45) is 2.32. The molecule has 174 valence electrons. The van der Waals surface area contributed by atoms with Gasteiger partial charge in [0.25, 0.3) is 11.7 Å². The highest BCUT2D eigenvalue weighted by atomic mass is 16.5. The van der Waals surface area contributed by atoms with Crippen LogP contribution in [-0.4, -0.2) is 27.8 Å². The molecule has 2 aromatic carbocycles. The topological polar surface area (TPSA) is 80.0 Å². The van der Waals surface area contributed by atoms with E-state index in [2.05, 4.69) is 13.8 Å². The molecule has 0 spiro atoms. The molecule has 2 atom stereocenters. The van der Waals surface area contributed by atoms with E-state index in [1.54, 1.807) is 24.3 Å². The maximum Gasteiger partial charge on any atom is 0.296 e. The molecule has 34 heavy (non-hydrogen) atoms. The van der Waals surface area contributed by atoms with E-state index < -0.39 is 17.7 Å². The van der Waals surface area contributed by atoms with Crippen LogP contribution in [0.3, 0.4) is 0 Å². The van der Waals surface area contributed by atoms with Gasteiger partial charge in [-0.1, -0.05) is 38.1 Å². The zero-order chi connectivity index (χ0) is 24.0. The Bertz CT molecular complexity index is 1270. The van der Waals surface area contributed by atoms with Crippen molar-refractivity contribution < 1.29 is 23.8 Å². The predicted octanol–water partition coefficient (Wildman–Crippen LogP) is 5.35. The average Bonchev–Trinajstić information content (AvgIpc) is 3.53. The SMILES string of the molecule is CC(C)c1ccc([C@H]2C(=C(O)c3ccc4c(c3)C[C@H](C)O4)C(=O)C(=O)N2Cc2ccco2)cc1. The molecule has 3 aromatic rings. The fourth-order valence-corrected chi connectivity index (χ4v) is 4.75. The molecule has 1 saturated heterocycles. The largest absolute Gasteiger partial charge is 0.507 e. The number of aliphatic hydroxyl groups is 1. The minimum Gasteiger partial charge on any atom is -0.507 e. The van der Waals surface area contributed by atoms with E-state index in [1.807, 2.05) is 37.3 Å². The summed E-state index contributed by atoms with van der Waals surface area (Å²) >= 11 is 0. The average molecular weight is 458 g/mol. The lowest BCUT2D eigenvalue weighted by atomic mass is 9.92. The van der Waals surface area contributed by atoms with Crippen LogP contribution < -0.4 is 4.74 Å². The molecule has 0 aliphatic carbocycles. The van der Waals surface area contributed by atoms with Gasteiger partial charge in [-0.3, -0.25) is 9.59 Å². The summed E-state index contributed by atoms with van der Waals surface area (Å²) in [5, 5.41) is 11.3. The molecular weight excluding hydrogens is 430 g/mol. The highest BCUT2D eigenvalue weighted by Gasteiger charge is 2.46. The Kier molecular flexibility index (Phi) is 5.52. The minimum absolute atomic E-state index is 0.0609. The third kappa shape index (κ3) is 3.79. The Labute approximate surface area is 198 Å². The zero-order valence-corrected chi connectivity index (χ0v) is 19.4. The first-order valence-corrected chi connectivity index (χ1v) is 11.5. The van der Waals surface area contributed by atoms with Gasteiger partial charge in [-0.25, -0.2) is 0 Å². The number of nitrogens with zero attached hydrogens (tertiary/aromatic N) is 1. The van der Waals surface area contributed by atoms with E-state index >= 15 is 0 Å². The number of rotatable bonds is 5. The van der Waals surface area contributed by atoms with Crippen LogP contribution in [0.5, 0.6) is 5.75 Å². The summed E-state index contributed by atoms with van der Waals surface area (Å²) in [5.41, 5.74) is 3.46. The summed E-state index contributed by atoms with van der Waals surface area (Å²) in [6.45, 7) is 6.33. The van der Waals surface area contributed by atoms with Crippen molar-refractivity contribution in [3.8, 4) is 5.75 Å². The minimum atomic E-state index is -0.727. The Balaban J connectivity index is 1.62. The number of hydrogen-bond donors (Lipinski definition) is 1. The Morgan fingerprint density at radius 3 is 2.56 bits per heavy atom. The molecule has 0 saturated carbocycles. The van der Waals surface area contributed by atoms with E-state index in [9.17, 15) is 14.7 Å². The van der Waals surface area contributed by atoms with Crippen LogP contribution >= 0.6 is 0 Å². The van der Waals surface area contributed by atoms with Gasteiger partial charge in [0, 0.05) is 12.0 Å². The fraction of sp³-hybridized carbons (Fsp3) is 0.286. The second-order valence-electron chi connectivity index (χ2n) is 9.28. The number of Topliss-reactive ketones (excluding diaryl/α,β-unsaturated/α-hetero) is 1. The van der Waals surface area contributed by atoms with Crippen molar-refractivity contribution in [2.75, 3.05) is 0 Å². The van der Waals surface area contributed by atoms with Crippen LogP contribution in [0.1, 0.15) is 60.7 Å². The van der Waals surface area contributed by atoms with Crippen molar-refractivity contribution in [1.29, 1.82) is 0 Å². The molecule has 2 aliphatic heterocycles. The number of amides is 1. The Morgan fingerprint density at radius 1 is 1.12 bits per heavy atom. The van der Waals surface area contributed by atoms with E-state index in [1.165, 1.54) is 11.2 Å². The summed E-state index contributed by atoms with van der Waals surface area (Å²) in [6, 6.07) is 16.0. The van der Waals surface area contributed by atoms with E-state index in [0.29, 0.717) is 17.2 Å². The molecule has 1 N–H and O–H groups in total. The summed E-state index contributed by atoms with van der Waals surface area (Å²) in [7, 11) is 0. The van der Waals surface area contributed by atoms with Gasteiger partial charge in [0.2, 0.25) is 0 Å². The van der Waals surface area contributed by atoms with Crippen LogP contribution in [0.4, 0.5) is 0 Å². The van der Waals surface area contributed by atoms with Gasteiger partial charge in [0.05, 0.1) is 24.4 Å². The molecule has 2 aliphatic rings. The lowest BCUT2D eigenvalue weighted by molar-refractivity contribution is -0.140. The maximum atomic E-state index is 13.2. The quantitative estimate of drug-likeness (QED) is 0.317. The van der Waals surface area contributed by atoms with Gasteiger partial charge >= 0.3 is 0 Å². The molecule has 6 heteroatoms. The molecule has 1 amide bonds. The zero-order valence-electron chi connectivity index (χ0n) is 19.4. The number of ether oxygens (including phenoxy) is 1. The van der Waals surface area contributed by atoms with Crippen molar-refractivity contribution >= 4 is 17.4 Å². The van der Waals surface area contributed by atoms with Crippen LogP contribution in [0, 0.1) is 0 Å². The summed E-state index contributed by atoms with van der Waals surface area (Å²) < 4.78 is 11.2. The number of aliphatic hydroxyl groups excluding tert-OH is 1. The monoisotopic (exact) mass is 457 g/mol. The number of furan rings is 1. The molecule has 1 fully saturated rings. The van der Waals surface area contributed by atoms with Gasteiger partial charge in [-0.15, -0.1) is 0 Å². The smallest absolute Gasteiger partial charge is 0.296 e. The molecule has 3 heterocycles. The van der Waals surface area contributed by atoms with Crippen LogP contribution in [0.25, 0.3) is 5.76 Å². The molecular formula is C28H27NO5. The van der Waals surface area contributed by atoms with Gasteiger partial charge in [0.1, 0.15) is 23.4 Å². The first-order chi connectivity index (χ1) is 16.3. The molecule has 5 rings (SSSR count). The van der Waals surface area contributed by atoms with E-state index in [-0.39, 0.29) is 24.0 Å². The number of ketones is 1. The van der Waals surface area contributed by atoms with Crippen LogP contribution in [-0.2, 0) is 22.6 Å². The van der Waals surface area contributed by atoms with Gasteiger partial charge in [-0.2, -0.15) is 0 Å². The lowest BCUT2D eigenvalue weighted by Gasteiger charge is -2.25. The number of hydrogen-bond acceptors (Lipinski definition) is 5. The number of likely N-dealkylation sites (tertiary alicyclic amines) is 1. The van der Waals surface area contributed by atoms with Gasteiger partial charge in [0.15, 0.2) is 0 Å². The van der Waals surface area contributed by atoms with Crippen molar-refractivity contribution in [1.82, 2.24) is 4.90 Å². The Hall–Kier alpha value is -3.80. The summed E-state index contributed by atoms with van der Waals surface area (Å²) in [4.78, 5) is 27.8. The highest BCUT2D eigenvalue weighted by molar-refractivity contribution is 6.46. The first-order valence-electron chi connectivity index (χ1n) is 11.5. The van der Waals surface area contributed by atoms with E-state index in [4.69, 9.17) is 9.15 Å². The number of carbonyl (C=O) groups excluding carboxylic acids is 2. The maximum absolute atomic E-state index is 13.2. The predicted molar refractivity (Wildman–Crippen MR) is 127 cm³/mol. The highest BCUT2D eigenvalue weighted by Crippen LogP contribution is 2.41. The Morgan fingerprint density at radius 2 is 1.88 bits per heavy atom. The second kappa shape index (κ2) is 8.52. The number of carbonyl (C=O) groups is 2. The lowest BCUT2D eigenvalue weighted by Crippen LogP contribution is -2.29. The second-order valence-corrected chi connectivity index (χ2v) is 9.28. The molecule has 0 radical (unpaired) electrons. The van der Waals surface area contributed by atoms with Gasteiger partial charge in [-0.05, 0) is 59.9 Å². The van der Waals surface area contributed by atoms with Crippen LogP contribution in [0.2, 0.25) is 0 Å². The van der Waals surface area contributed by atoms with Crippen molar-refractivity contribution in [3.63, 3.8) is 0 Å². The molecule has 0 unspecified atom stereocenters. The van der Waals surface area contributed by atoms with Crippen molar-refractivity contribution in [2.45, 2.75) is 51.8 Å². The first kappa shape index (κ1) is 22.0. The normalized spacial score (nSPS) is 21.2. The third-order valence-electron chi connectivity index (χ3n) is 6.53. The summed E-state index contributed by atoms with van der Waals surface area (Å²) in [5.74, 6) is 0.152. The van der Waals surface area contributed by atoms with Crippen molar-refractivity contribution in [2.24, 2.45) is 0 Å². The standard InChI is InChI=1S/C28H27NO5/c1-16(2)18-6-8-19(9-7-18)25-24(27(31)28(32)29(25)15-22-5-4-12-33-22)26(30)20-10-11-23-21(14-20)13-17(3)34-23/h4-12,14,16-17,25,30H,13,15H2,1-3H3/t17-,25-/m0/s1. The molecule has 6 nitrogen and oxygen atoms in total. The fourth-order valence-electron chi connectivity index (χ4n) is 4.75.